The van der Waals surface area contributed by atoms with Crippen LogP contribution in [0.25, 0.3) is 22.0 Å². The zero-order valence-corrected chi connectivity index (χ0v) is 9.40. The van der Waals surface area contributed by atoms with Crippen molar-refractivity contribution >= 4 is 10.8 Å². The summed E-state index contributed by atoms with van der Waals surface area (Å²) in [5, 5.41) is 0.951. The molecule has 0 atom stereocenters. The van der Waals surface area contributed by atoms with Gasteiger partial charge in [-0.25, -0.2) is 8.78 Å². The van der Waals surface area contributed by atoms with Gasteiger partial charge in [0.2, 0.25) is 0 Å². The molecule has 0 aliphatic rings. The van der Waals surface area contributed by atoms with Gasteiger partial charge in [-0.3, -0.25) is 4.98 Å². The average Bonchev–Trinajstić information content (AvgIpc) is 2.39. The van der Waals surface area contributed by atoms with Crippen LogP contribution in [0.2, 0.25) is 0 Å². The Morgan fingerprint density at radius 1 is 0.889 bits per heavy atom. The van der Waals surface area contributed by atoms with Crippen molar-refractivity contribution in [2.45, 2.75) is 0 Å². The van der Waals surface area contributed by atoms with Gasteiger partial charge in [0.15, 0.2) is 0 Å². The number of rotatable bonds is 1. The first kappa shape index (κ1) is 10.8. The number of pyridine rings is 1. The Balaban J connectivity index is 2.23. The molecular formula is C15H9F2N. The van der Waals surface area contributed by atoms with Crippen molar-refractivity contribution in [3.63, 3.8) is 0 Å². The van der Waals surface area contributed by atoms with Crippen LogP contribution in [-0.2, 0) is 0 Å². The molecule has 0 N–H and O–H groups in total. The van der Waals surface area contributed by atoms with Crippen LogP contribution in [0.3, 0.4) is 0 Å². The van der Waals surface area contributed by atoms with Gasteiger partial charge in [-0.2, -0.15) is 0 Å². The first-order valence-corrected chi connectivity index (χ1v) is 5.54. The number of hydrogen-bond acceptors (Lipinski definition) is 1. The first-order chi connectivity index (χ1) is 8.74. The molecule has 2 aromatic carbocycles. The van der Waals surface area contributed by atoms with Crippen molar-refractivity contribution in [3.05, 3.63) is 66.4 Å². The number of halogens is 2. The summed E-state index contributed by atoms with van der Waals surface area (Å²) >= 11 is 0. The van der Waals surface area contributed by atoms with Crippen molar-refractivity contribution in [3.8, 4) is 11.3 Å². The second-order valence-corrected chi connectivity index (χ2v) is 4.04. The van der Waals surface area contributed by atoms with E-state index in [1.165, 1.54) is 6.07 Å². The van der Waals surface area contributed by atoms with Gasteiger partial charge in [-0.05, 0) is 29.7 Å². The molecule has 0 amide bonds. The maximum atomic E-state index is 13.5. The van der Waals surface area contributed by atoms with Crippen LogP contribution in [0.15, 0.2) is 54.7 Å². The molecule has 0 aliphatic heterocycles. The van der Waals surface area contributed by atoms with Gasteiger partial charge in [0.1, 0.15) is 11.6 Å². The molecule has 1 aromatic heterocycles. The van der Waals surface area contributed by atoms with E-state index in [1.54, 1.807) is 24.4 Å². The van der Waals surface area contributed by atoms with Gasteiger partial charge < -0.3 is 0 Å². The third-order valence-electron chi connectivity index (χ3n) is 2.83. The normalized spacial score (nSPS) is 10.8. The van der Waals surface area contributed by atoms with Crippen LogP contribution in [0.4, 0.5) is 8.78 Å². The predicted molar refractivity (Wildman–Crippen MR) is 67.1 cm³/mol. The summed E-state index contributed by atoms with van der Waals surface area (Å²) in [5.74, 6) is -1.12. The van der Waals surface area contributed by atoms with E-state index in [1.807, 2.05) is 18.2 Å². The lowest BCUT2D eigenvalue weighted by Gasteiger charge is -2.04. The Hall–Kier alpha value is -2.29. The standard InChI is InChI=1S/C15H9F2N/c16-12-8-11-7-10(15-3-1-2-6-18-15)4-5-13(11)14(17)9-12/h1-9H. The first-order valence-electron chi connectivity index (χ1n) is 5.54. The summed E-state index contributed by atoms with van der Waals surface area (Å²) in [6.45, 7) is 0. The number of hydrogen-bond donors (Lipinski definition) is 0. The SMILES string of the molecule is Fc1cc(F)c2ccc(-c3ccccn3)cc2c1. The predicted octanol–water partition coefficient (Wildman–Crippen LogP) is 4.18. The van der Waals surface area contributed by atoms with Crippen LogP contribution in [0.1, 0.15) is 0 Å². The molecule has 88 valence electrons. The Bertz CT molecular complexity index is 708. The fraction of sp³-hybridized carbons (Fsp3) is 0. The van der Waals surface area contributed by atoms with E-state index in [0.29, 0.717) is 10.8 Å². The molecule has 18 heavy (non-hydrogen) atoms. The average molecular weight is 241 g/mol. The molecule has 0 saturated heterocycles. The minimum Gasteiger partial charge on any atom is -0.256 e. The molecule has 0 aliphatic carbocycles. The van der Waals surface area contributed by atoms with E-state index < -0.39 is 11.6 Å². The molecule has 0 spiro atoms. The highest BCUT2D eigenvalue weighted by Crippen LogP contribution is 2.25. The second-order valence-electron chi connectivity index (χ2n) is 4.04. The van der Waals surface area contributed by atoms with E-state index in [9.17, 15) is 8.78 Å². The monoisotopic (exact) mass is 241 g/mol. The lowest BCUT2D eigenvalue weighted by atomic mass is 10.0. The molecule has 0 bridgehead atoms. The minimum absolute atomic E-state index is 0.413. The molecular weight excluding hydrogens is 232 g/mol. The zero-order chi connectivity index (χ0) is 12.5. The Morgan fingerprint density at radius 3 is 2.56 bits per heavy atom. The lowest BCUT2D eigenvalue weighted by Crippen LogP contribution is -1.86. The van der Waals surface area contributed by atoms with Gasteiger partial charge >= 0.3 is 0 Å². The summed E-state index contributed by atoms with van der Waals surface area (Å²) in [5.41, 5.74) is 1.62. The molecule has 1 nitrogen and oxygen atoms in total. The van der Waals surface area contributed by atoms with Gasteiger partial charge in [-0.1, -0.05) is 18.2 Å². The van der Waals surface area contributed by atoms with E-state index in [2.05, 4.69) is 4.98 Å². The Morgan fingerprint density at radius 2 is 1.78 bits per heavy atom. The summed E-state index contributed by atoms with van der Waals surface area (Å²) in [6, 6.07) is 12.9. The maximum absolute atomic E-state index is 13.5. The summed E-state index contributed by atoms with van der Waals surface area (Å²) in [6.07, 6.45) is 1.69. The molecule has 3 heteroatoms. The zero-order valence-electron chi connectivity index (χ0n) is 9.40. The van der Waals surface area contributed by atoms with Crippen LogP contribution in [0.5, 0.6) is 0 Å². The van der Waals surface area contributed by atoms with Gasteiger partial charge in [0, 0.05) is 23.2 Å². The summed E-state index contributed by atoms with van der Waals surface area (Å²) in [7, 11) is 0. The Labute approximate surface area is 103 Å². The van der Waals surface area contributed by atoms with E-state index in [0.717, 1.165) is 17.3 Å². The number of nitrogens with zero attached hydrogens (tertiary/aromatic N) is 1. The van der Waals surface area contributed by atoms with E-state index in [-0.39, 0.29) is 0 Å². The summed E-state index contributed by atoms with van der Waals surface area (Å²) in [4.78, 5) is 4.21. The minimum atomic E-state index is -0.571. The topological polar surface area (TPSA) is 12.9 Å². The molecule has 0 radical (unpaired) electrons. The highest BCUT2D eigenvalue weighted by molar-refractivity contribution is 5.87. The van der Waals surface area contributed by atoms with Crippen molar-refractivity contribution in [1.82, 2.24) is 4.98 Å². The molecule has 0 unspecified atom stereocenters. The number of benzene rings is 2. The second kappa shape index (κ2) is 4.18. The van der Waals surface area contributed by atoms with Crippen LogP contribution in [-0.4, -0.2) is 4.98 Å². The van der Waals surface area contributed by atoms with Crippen molar-refractivity contribution < 1.29 is 8.78 Å². The molecule has 3 aromatic rings. The number of aromatic nitrogens is 1. The highest BCUT2D eigenvalue weighted by atomic mass is 19.1. The molecule has 0 saturated carbocycles. The number of fused-ring (bicyclic) bond motifs is 1. The molecule has 3 rings (SSSR count). The van der Waals surface area contributed by atoms with Gasteiger partial charge in [-0.15, -0.1) is 0 Å². The fourth-order valence-corrected chi connectivity index (χ4v) is 1.98. The largest absolute Gasteiger partial charge is 0.256 e. The highest BCUT2D eigenvalue weighted by Gasteiger charge is 2.06. The smallest absolute Gasteiger partial charge is 0.133 e. The van der Waals surface area contributed by atoms with Crippen LogP contribution in [0, 0.1) is 11.6 Å². The summed E-state index contributed by atoms with van der Waals surface area (Å²) < 4.78 is 26.7. The van der Waals surface area contributed by atoms with Crippen LogP contribution < -0.4 is 0 Å². The Kier molecular flexibility index (Phi) is 2.52. The molecule has 1 heterocycles. The quantitative estimate of drug-likeness (QED) is 0.622. The van der Waals surface area contributed by atoms with Gasteiger partial charge in [0.05, 0.1) is 5.69 Å². The van der Waals surface area contributed by atoms with Crippen molar-refractivity contribution in [1.29, 1.82) is 0 Å². The third-order valence-corrected chi connectivity index (χ3v) is 2.83. The molecule has 0 fully saturated rings. The van der Waals surface area contributed by atoms with E-state index >= 15 is 0 Å². The van der Waals surface area contributed by atoms with Crippen molar-refractivity contribution in [2.24, 2.45) is 0 Å². The fourth-order valence-electron chi connectivity index (χ4n) is 1.98. The third kappa shape index (κ3) is 1.84. The lowest BCUT2D eigenvalue weighted by molar-refractivity contribution is 0.592. The maximum Gasteiger partial charge on any atom is 0.133 e. The van der Waals surface area contributed by atoms with Gasteiger partial charge in [0.25, 0.3) is 0 Å². The van der Waals surface area contributed by atoms with Crippen LogP contribution >= 0.6 is 0 Å². The van der Waals surface area contributed by atoms with Crippen molar-refractivity contribution in [2.75, 3.05) is 0 Å². The van der Waals surface area contributed by atoms with E-state index in [4.69, 9.17) is 0 Å².